The van der Waals surface area contributed by atoms with Crippen molar-refractivity contribution in [3.8, 4) is 0 Å². The van der Waals surface area contributed by atoms with Crippen LogP contribution < -0.4 is 0 Å². The zero-order chi connectivity index (χ0) is 15.7. The highest BCUT2D eigenvalue weighted by Crippen LogP contribution is 2.28. The van der Waals surface area contributed by atoms with E-state index >= 15 is 0 Å². The van der Waals surface area contributed by atoms with Crippen LogP contribution in [0.3, 0.4) is 0 Å². The van der Waals surface area contributed by atoms with Crippen LogP contribution in [0.5, 0.6) is 0 Å². The predicted octanol–water partition coefficient (Wildman–Crippen LogP) is 4.10. The van der Waals surface area contributed by atoms with Crippen molar-refractivity contribution < 1.29 is 8.42 Å². The number of aryl methyl sites for hydroxylation is 1. The smallest absolute Gasteiger partial charge is 0.207 e. The first-order valence-electron chi connectivity index (χ1n) is 8.04. The van der Waals surface area contributed by atoms with Crippen LogP contribution in [0.4, 0.5) is 0 Å². The Morgan fingerprint density at radius 1 is 1.09 bits per heavy atom. The topological polar surface area (TPSA) is 37.4 Å². The summed E-state index contributed by atoms with van der Waals surface area (Å²) in [5.41, 5.74) is 1.19. The maximum atomic E-state index is 13.0. The van der Waals surface area contributed by atoms with Crippen molar-refractivity contribution >= 4 is 20.8 Å². The third kappa shape index (κ3) is 2.77. The number of hydrogen-bond donors (Lipinski definition) is 0. The normalized spacial score (nSPS) is 20.4. The van der Waals surface area contributed by atoms with E-state index in [0.29, 0.717) is 11.4 Å². The minimum Gasteiger partial charge on any atom is -0.207 e. The Morgan fingerprint density at radius 2 is 1.82 bits per heavy atom. The molecule has 1 atom stereocenters. The summed E-state index contributed by atoms with van der Waals surface area (Å²) >= 11 is 0. The summed E-state index contributed by atoms with van der Waals surface area (Å²) in [5.74, 6) is 0. The lowest BCUT2D eigenvalue weighted by atomic mass is 10.0. The molecule has 0 saturated carbocycles. The number of sulfonamides is 1. The van der Waals surface area contributed by atoms with Gasteiger partial charge in [-0.15, -0.1) is 0 Å². The van der Waals surface area contributed by atoms with E-state index < -0.39 is 10.0 Å². The summed E-state index contributed by atoms with van der Waals surface area (Å²) in [6.45, 7) is 4.76. The van der Waals surface area contributed by atoms with E-state index in [1.54, 1.807) is 10.4 Å². The Morgan fingerprint density at radius 3 is 2.59 bits per heavy atom. The van der Waals surface area contributed by atoms with Gasteiger partial charge in [-0.2, -0.15) is 4.31 Å². The first-order chi connectivity index (χ1) is 10.5. The Balaban J connectivity index is 2.02. The second-order valence-electron chi connectivity index (χ2n) is 6.19. The van der Waals surface area contributed by atoms with Gasteiger partial charge in [0.1, 0.15) is 0 Å². The Kier molecular flexibility index (Phi) is 4.24. The highest BCUT2D eigenvalue weighted by Gasteiger charge is 2.32. The summed E-state index contributed by atoms with van der Waals surface area (Å²) in [4.78, 5) is 0.421. The van der Waals surface area contributed by atoms with Crippen LogP contribution in [-0.4, -0.2) is 25.3 Å². The van der Waals surface area contributed by atoms with Gasteiger partial charge in [-0.1, -0.05) is 43.2 Å². The quantitative estimate of drug-likeness (QED) is 0.854. The SMILES string of the molecule is CC[C@@H]1CCCCN1S(=O)(=O)c1ccc2cc(C)ccc2c1. The monoisotopic (exact) mass is 317 g/mol. The molecule has 1 aliphatic heterocycles. The highest BCUT2D eigenvalue weighted by atomic mass is 32.2. The maximum absolute atomic E-state index is 13.0. The van der Waals surface area contributed by atoms with Gasteiger partial charge in [0.05, 0.1) is 4.90 Å². The van der Waals surface area contributed by atoms with Gasteiger partial charge in [0.25, 0.3) is 0 Å². The highest BCUT2D eigenvalue weighted by molar-refractivity contribution is 7.89. The molecule has 2 aromatic rings. The molecule has 4 heteroatoms. The number of fused-ring (bicyclic) bond motifs is 1. The molecule has 0 amide bonds. The number of rotatable bonds is 3. The fourth-order valence-corrected chi connectivity index (χ4v) is 5.14. The molecule has 1 heterocycles. The summed E-state index contributed by atoms with van der Waals surface area (Å²) in [5, 5.41) is 2.07. The van der Waals surface area contributed by atoms with Gasteiger partial charge in [0.2, 0.25) is 10.0 Å². The van der Waals surface area contributed by atoms with Crippen LogP contribution >= 0.6 is 0 Å². The fraction of sp³-hybridized carbons (Fsp3) is 0.444. The van der Waals surface area contributed by atoms with Crippen molar-refractivity contribution in [3.63, 3.8) is 0 Å². The molecule has 1 saturated heterocycles. The van der Waals surface area contributed by atoms with Gasteiger partial charge < -0.3 is 0 Å². The van der Waals surface area contributed by atoms with Crippen LogP contribution in [0.15, 0.2) is 41.3 Å². The Hall–Kier alpha value is -1.39. The molecule has 118 valence electrons. The van der Waals surface area contributed by atoms with Crippen LogP contribution in [-0.2, 0) is 10.0 Å². The second-order valence-corrected chi connectivity index (χ2v) is 8.08. The zero-order valence-corrected chi connectivity index (χ0v) is 14.1. The van der Waals surface area contributed by atoms with Gasteiger partial charge in [0.15, 0.2) is 0 Å². The van der Waals surface area contributed by atoms with Crippen LogP contribution in [0.1, 0.15) is 38.2 Å². The largest absolute Gasteiger partial charge is 0.243 e. The molecule has 3 nitrogen and oxygen atoms in total. The van der Waals surface area contributed by atoms with Gasteiger partial charge >= 0.3 is 0 Å². The van der Waals surface area contributed by atoms with E-state index in [2.05, 4.69) is 13.0 Å². The lowest BCUT2D eigenvalue weighted by molar-refractivity contribution is 0.246. The van der Waals surface area contributed by atoms with E-state index in [1.807, 2.05) is 31.2 Å². The molecule has 1 fully saturated rings. The van der Waals surface area contributed by atoms with Crippen LogP contribution in [0, 0.1) is 6.92 Å². The van der Waals surface area contributed by atoms with Gasteiger partial charge in [-0.3, -0.25) is 0 Å². The standard InChI is InChI=1S/C18H23NO2S/c1-3-17-6-4-5-11-19(17)22(20,21)18-10-9-15-12-14(2)7-8-16(15)13-18/h7-10,12-13,17H,3-6,11H2,1-2H3/t17-/m1/s1. The second kappa shape index (κ2) is 6.01. The molecule has 0 radical (unpaired) electrons. The molecular formula is C18H23NO2S. The average molecular weight is 317 g/mol. The molecule has 0 N–H and O–H groups in total. The van der Waals surface area contributed by atoms with Gasteiger partial charge in [0, 0.05) is 12.6 Å². The van der Waals surface area contributed by atoms with Crippen molar-refractivity contribution in [2.24, 2.45) is 0 Å². The minimum absolute atomic E-state index is 0.146. The number of benzene rings is 2. The molecule has 0 aromatic heterocycles. The van der Waals surface area contributed by atoms with Crippen molar-refractivity contribution in [1.82, 2.24) is 4.31 Å². The predicted molar refractivity (Wildman–Crippen MR) is 90.5 cm³/mol. The molecular weight excluding hydrogens is 294 g/mol. The number of nitrogens with zero attached hydrogens (tertiary/aromatic N) is 1. The average Bonchev–Trinajstić information content (AvgIpc) is 2.54. The number of piperidine rings is 1. The van der Waals surface area contributed by atoms with E-state index in [1.165, 1.54) is 5.56 Å². The minimum atomic E-state index is -3.39. The molecule has 0 bridgehead atoms. The van der Waals surface area contributed by atoms with Crippen molar-refractivity contribution in [2.45, 2.75) is 50.5 Å². The molecule has 1 aliphatic rings. The maximum Gasteiger partial charge on any atom is 0.243 e. The molecule has 22 heavy (non-hydrogen) atoms. The summed E-state index contributed by atoms with van der Waals surface area (Å²) in [6, 6.07) is 11.7. The van der Waals surface area contributed by atoms with Gasteiger partial charge in [-0.25, -0.2) is 8.42 Å². The third-order valence-electron chi connectivity index (χ3n) is 4.62. The van der Waals surface area contributed by atoms with E-state index in [-0.39, 0.29) is 6.04 Å². The molecule has 0 unspecified atom stereocenters. The van der Waals surface area contributed by atoms with E-state index in [4.69, 9.17) is 0 Å². The summed E-state index contributed by atoms with van der Waals surface area (Å²) in [6.07, 6.45) is 3.94. The van der Waals surface area contributed by atoms with Gasteiger partial charge in [-0.05, 0) is 49.1 Å². The van der Waals surface area contributed by atoms with E-state index in [0.717, 1.165) is 36.5 Å². The van der Waals surface area contributed by atoms with Crippen molar-refractivity contribution in [2.75, 3.05) is 6.54 Å². The zero-order valence-electron chi connectivity index (χ0n) is 13.2. The van der Waals surface area contributed by atoms with Crippen LogP contribution in [0.25, 0.3) is 10.8 Å². The fourth-order valence-electron chi connectivity index (χ4n) is 3.34. The van der Waals surface area contributed by atoms with Crippen molar-refractivity contribution in [1.29, 1.82) is 0 Å². The Labute approximate surface area is 133 Å². The number of hydrogen-bond acceptors (Lipinski definition) is 2. The van der Waals surface area contributed by atoms with Crippen molar-refractivity contribution in [3.05, 3.63) is 42.0 Å². The third-order valence-corrected chi connectivity index (χ3v) is 6.57. The van der Waals surface area contributed by atoms with Crippen LogP contribution in [0.2, 0.25) is 0 Å². The van der Waals surface area contributed by atoms with E-state index in [9.17, 15) is 8.42 Å². The first kappa shape index (κ1) is 15.5. The lowest BCUT2D eigenvalue weighted by Gasteiger charge is -2.34. The molecule has 0 aliphatic carbocycles. The lowest BCUT2D eigenvalue weighted by Crippen LogP contribution is -2.43. The molecule has 0 spiro atoms. The molecule has 3 rings (SSSR count). The summed E-state index contributed by atoms with van der Waals surface area (Å²) < 4.78 is 27.7. The first-order valence-corrected chi connectivity index (χ1v) is 9.48. The summed E-state index contributed by atoms with van der Waals surface area (Å²) in [7, 11) is -3.39. The Bertz CT molecular complexity index is 783. The molecule has 2 aromatic carbocycles.